The third-order valence-electron chi connectivity index (χ3n) is 2.10. The van der Waals surface area contributed by atoms with Gasteiger partial charge in [0.1, 0.15) is 10.8 Å². The fourth-order valence-corrected chi connectivity index (χ4v) is 1.62. The molecule has 1 heterocycles. The molecule has 1 fully saturated rings. The smallest absolute Gasteiger partial charge is 0.217 e. The first-order valence-electron chi connectivity index (χ1n) is 4.08. The van der Waals surface area contributed by atoms with Crippen molar-refractivity contribution in [3.05, 3.63) is 22.2 Å². The summed E-state index contributed by atoms with van der Waals surface area (Å²) < 4.78 is 27.0. The lowest BCUT2D eigenvalue weighted by atomic mass is 10.1. The van der Waals surface area contributed by atoms with E-state index in [1.165, 1.54) is 0 Å². The molecule has 0 aliphatic heterocycles. The van der Waals surface area contributed by atoms with Gasteiger partial charge in [-0.2, -0.15) is 8.78 Å². The maximum Gasteiger partial charge on any atom is 0.292 e. The van der Waals surface area contributed by atoms with Gasteiger partial charge in [-0.25, -0.2) is 9.97 Å². The summed E-state index contributed by atoms with van der Waals surface area (Å²) in [6, 6.07) is 1.06. The first-order valence-corrected chi connectivity index (χ1v) is 4.84. The van der Waals surface area contributed by atoms with E-state index >= 15 is 0 Å². The predicted molar refractivity (Wildman–Crippen MR) is 48.7 cm³/mol. The second kappa shape index (κ2) is 3.28. The lowest BCUT2D eigenvalue weighted by Gasteiger charge is -2.14. The number of aromatic nitrogens is 2. The fourth-order valence-electron chi connectivity index (χ4n) is 1.22. The summed E-state index contributed by atoms with van der Waals surface area (Å²) >= 11 is 11.0. The van der Waals surface area contributed by atoms with Gasteiger partial charge in [0, 0.05) is 12.0 Å². The number of halogens is 4. The first-order chi connectivity index (χ1) is 6.50. The molecule has 2 nitrogen and oxygen atoms in total. The summed E-state index contributed by atoms with van der Waals surface area (Å²) in [4.78, 5) is 7.00. The highest BCUT2D eigenvalue weighted by atomic mass is 35.5. The van der Waals surface area contributed by atoms with Crippen molar-refractivity contribution in [3.8, 4) is 0 Å². The highest BCUT2D eigenvalue weighted by Gasteiger charge is 2.49. The number of rotatable bonds is 2. The molecule has 1 aromatic rings. The minimum absolute atomic E-state index is 0.0553. The number of hydrogen-bond donors (Lipinski definition) is 0. The topological polar surface area (TPSA) is 25.8 Å². The molecule has 76 valence electrons. The zero-order valence-corrected chi connectivity index (χ0v) is 8.49. The van der Waals surface area contributed by atoms with E-state index in [4.69, 9.17) is 23.2 Å². The zero-order valence-electron chi connectivity index (χ0n) is 6.98. The van der Waals surface area contributed by atoms with Crippen LogP contribution in [0.1, 0.15) is 18.5 Å². The minimum atomic E-state index is -2.93. The fraction of sp³-hybridized carbons (Fsp3) is 0.500. The van der Waals surface area contributed by atoms with Crippen LogP contribution < -0.4 is 0 Å². The molecule has 1 aliphatic carbocycles. The summed E-state index contributed by atoms with van der Waals surface area (Å²) in [5.74, 6) is -3.56. The number of hydrogen-bond acceptors (Lipinski definition) is 2. The van der Waals surface area contributed by atoms with Gasteiger partial charge in [0.15, 0.2) is 0 Å². The van der Waals surface area contributed by atoms with Crippen molar-refractivity contribution in [1.29, 1.82) is 0 Å². The Hall–Kier alpha value is -0.480. The quantitative estimate of drug-likeness (QED) is 0.584. The maximum absolute atomic E-state index is 13.5. The van der Waals surface area contributed by atoms with Crippen LogP contribution in [-0.2, 0) is 5.92 Å². The lowest BCUT2D eigenvalue weighted by molar-refractivity contribution is -0.0329. The molecular weight excluding hydrogens is 233 g/mol. The molecule has 0 bridgehead atoms. The molecule has 0 N–H and O–H groups in total. The highest BCUT2D eigenvalue weighted by Crippen LogP contribution is 2.49. The molecule has 0 spiro atoms. The van der Waals surface area contributed by atoms with Gasteiger partial charge in [-0.05, 0) is 24.4 Å². The van der Waals surface area contributed by atoms with Crippen molar-refractivity contribution in [2.75, 3.05) is 0 Å². The summed E-state index contributed by atoms with van der Waals surface area (Å²) in [5, 5.41) is -0.298. The van der Waals surface area contributed by atoms with E-state index in [1.54, 1.807) is 0 Å². The van der Waals surface area contributed by atoms with Crippen molar-refractivity contribution in [1.82, 2.24) is 9.97 Å². The van der Waals surface area contributed by atoms with Crippen molar-refractivity contribution in [3.63, 3.8) is 0 Å². The molecule has 0 radical (unpaired) electrons. The Morgan fingerprint density at radius 2 is 1.93 bits per heavy atom. The Morgan fingerprint density at radius 1 is 1.29 bits per heavy atom. The van der Waals surface area contributed by atoms with Crippen molar-refractivity contribution in [2.45, 2.75) is 18.8 Å². The molecule has 0 unspecified atom stereocenters. The van der Waals surface area contributed by atoms with Gasteiger partial charge in [-0.15, -0.1) is 0 Å². The van der Waals surface area contributed by atoms with E-state index in [0.717, 1.165) is 6.07 Å². The highest BCUT2D eigenvalue weighted by molar-refractivity contribution is 6.31. The molecule has 2 rings (SSSR count). The molecule has 0 atom stereocenters. The summed E-state index contributed by atoms with van der Waals surface area (Å²) in [5.41, 5.74) is -0.384. The van der Waals surface area contributed by atoms with Crippen LogP contribution >= 0.6 is 23.2 Å². The van der Waals surface area contributed by atoms with Crippen molar-refractivity contribution >= 4 is 23.2 Å². The lowest BCUT2D eigenvalue weighted by Crippen LogP contribution is -2.18. The summed E-state index contributed by atoms with van der Waals surface area (Å²) in [6.45, 7) is 0. The Balaban J connectivity index is 2.39. The van der Waals surface area contributed by atoms with Crippen molar-refractivity contribution < 1.29 is 8.78 Å². The van der Waals surface area contributed by atoms with Crippen LogP contribution in [0.3, 0.4) is 0 Å². The van der Waals surface area contributed by atoms with Gasteiger partial charge < -0.3 is 0 Å². The summed E-state index contributed by atoms with van der Waals surface area (Å²) in [7, 11) is 0. The molecule has 0 aromatic carbocycles. The van der Waals surface area contributed by atoms with Crippen LogP contribution in [0.25, 0.3) is 0 Å². The van der Waals surface area contributed by atoms with Gasteiger partial charge in [0.2, 0.25) is 5.28 Å². The van der Waals surface area contributed by atoms with Crippen LogP contribution in [0.2, 0.25) is 10.4 Å². The van der Waals surface area contributed by atoms with Crippen LogP contribution in [0.15, 0.2) is 6.07 Å². The van der Waals surface area contributed by atoms with E-state index < -0.39 is 11.8 Å². The number of alkyl halides is 2. The Kier molecular flexibility index (Phi) is 2.35. The average molecular weight is 239 g/mol. The third kappa shape index (κ3) is 1.81. The first kappa shape index (κ1) is 10.1. The zero-order chi connectivity index (χ0) is 10.3. The molecule has 0 saturated heterocycles. The molecule has 0 amide bonds. The Labute approximate surface area is 89.3 Å². The predicted octanol–water partition coefficient (Wildman–Crippen LogP) is 3.29. The van der Waals surface area contributed by atoms with Gasteiger partial charge in [-0.3, -0.25) is 0 Å². The van der Waals surface area contributed by atoms with Crippen LogP contribution in [0.5, 0.6) is 0 Å². The van der Waals surface area contributed by atoms with E-state index in [0.29, 0.717) is 12.8 Å². The van der Waals surface area contributed by atoms with Crippen molar-refractivity contribution in [2.24, 2.45) is 5.92 Å². The standard InChI is InChI=1S/C8H6Cl2F2N2/c9-6-3-5(13-7(10)14-6)8(11,12)4-1-2-4/h3-4H,1-2H2. The van der Waals surface area contributed by atoms with Gasteiger partial charge in [0.05, 0.1) is 0 Å². The van der Waals surface area contributed by atoms with Crippen LogP contribution in [0, 0.1) is 5.92 Å². The monoisotopic (exact) mass is 238 g/mol. The SMILES string of the molecule is FC(F)(c1cc(Cl)nc(Cl)n1)C1CC1. The molecule has 1 aliphatic rings. The normalized spacial score (nSPS) is 17.1. The molecule has 1 aromatic heterocycles. The number of nitrogens with zero attached hydrogens (tertiary/aromatic N) is 2. The molecule has 14 heavy (non-hydrogen) atoms. The second-order valence-electron chi connectivity index (χ2n) is 3.24. The molecule has 6 heteroatoms. The molecular formula is C8H6Cl2F2N2. The molecule has 1 saturated carbocycles. The van der Waals surface area contributed by atoms with E-state index in [-0.39, 0.29) is 16.1 Å². The van der Waals surface area contributed by atoms with E-state index in [2.05, 4.69) is 9.97 Å². The summed E-state index contributed by atoms with van der Waals surface area (Å²) in [6.07, 6.45) is 1.04. The van der Waals surface area contributed by atoms with Crippen LogP contribution in [-0.4, -0.2) is 9.97 Å². The van der Waals surface area contributed by atoms with Gasteiger partial charge in [0.25, 0.3) is 5.92 Å². The Bertz CT molecular complexity index is 346. The van der Waals surface area contributed by atoms with Crippen LogP contribution in [0.4, 0.5) is 8.78 Å². The second-order valence-corrected chi connectivity index (χ2v) is 3.97. The maximum atomic E-state index is 13.5. The van der Waals surface area contributed by atoms with E-state index in [9.17, 15) is 8.78 Å². The van der Waals surface area contributed by atoms with Gasteiger partial charge in [-0.1, -0.05) is 11.6 Å². The third-order valence-corrected chi connectivity index (χ3v) is 2.46. The minimum Gasteiger partial charge on any atom is -0.217 e. The van der Waals surface area contributed by atoms with Gasteiger partial charge >= 0.3 is 0 Å². The van der Waals surface area contributed by atoms with E-state index in [1.807, 2.05) is 0 Å². The Morgan fingerprint density at radius 3 is 2.43 bits per heavy atom. The average Bonchev–Trinajstić information content (AvgIpc) is 2.83. The largest absolute Gasteiger partial charge is 0.292 e.